The summed E-state index contributed by atoms with van der Waals surface area (Å²) in [5.74, 6) is 0. The summed E-state index contributed by atoms with van der Waals surface area (Å²) >= 11 is 3.53. The summed E-state index contributed by atoms with van der Waals surface area (Å²) in [5.41, 5.74) is 4.34. The number of hydrogen-bond acceptors (Lipinski definition) is 1. The van der Waals surface area contributed by atoms with Gasteiger partial charge in [-0.25, -0.2) is 0 Å². The Morgan fingerprint density at radius 3 is 3.06 bits per heavy atom. The summed E-state index contributed by atoms with van der Waals surface area (Å²) in [5, 5.41) is 3.60. The number of benzene rings is 1. The number of halogens is 1. The first-order chi connectivity index (χ1) is 7.66. The van der Waals surface area contributed by atoms with Crippen molar-refractivity contribution in [2.45, 2.75) is 32.7 Å². The molecule has 1 atom stereocenters. The molecule has 0 aromatic heterocycles. The SMILES string of the molecule is CC(C)=CCNC1CCc2cc(Br)ccc21. The lowest BCUT2D eigenvalue weighted by Gasteiger charge is -2.12. The third-order valence-corrected chi connectivity index (χ3v) is 3.55. The van der Waals surface area contributed by atoms with Crippen LogP contribution in [0, 0.1) is 0 Å². The van der Waals surface area contributed by atoms with E-state index in [4.69, 9.17) is 0 Å². The Morgan fingerprint density at radius 2 is 2.31 bits per heavy atom. The van der Waals surface area contributed by atoms with Gasteiger partial charge in [-0.15, -0.1) is 0 Å². The van der Waals surface area contributed by atoms with Gasteiger partial charge >= 0.3 is 0 Å². The van der Waals surface area contributed by atoms with Crippen LogP contribution in [-0.2, 0) is 6.42 Å². The van der Waals surface area contributed by atoms with E-state index in [0.717, 1.165) is 6.54 Å². The van der Waals surface area contributed by atoms with Crippen LogP contribution in [0.2, 0.25) is 0 Å². The van der Waals surface area contributed by atoms with Crippen molar-refractivity contribution in [3.63, 3.8) is 0 Å². The molecular weight excluding hydrogens is 262 g/mol. The molecule has 0 spiro atoms. The zero-order valence-electron chi connectivity index (χ0n) is 9.89. The van der Waals surface area contributed by atoms with Gasteiger partial charge in [0.05, 0.1) is 0 Å². The highest BCUT2D eigenvalue weighted by molar-refractivity contribution is 9.10. The van der Waals surface area contributed by atoms with Gasteiger partial charge < -0.3 is 5.32 Å². The second kappa shape index (κ2) is 5.15. The molecule has 0 saturated carbocycles. The summed E-state index contributed by atoms with van der Waals surface area (Å²) in [6, 6.07) is 7.17. The Morgan fingerprint density at radius 1 is 1.50 bits per heavy atom. The van der Waals surface area contributed by atoms with Crippen molar-refractivity contribution < 1.29 is 0 Å². The molecule has 1 nitrogen and oxygen atoms in total. The molecule has 86 valence electrons. The number of nitrogens with one attached hydrogen (secondary N) is 1. The highest BCUT2D eigenvalue weighted by atomic mass is 79.9. The van der Waals surface area contributed by atoms with Gasteiger partial charge in [-0.3, -0.25) is 0 Å². The summed E-state index contributed by atoms with van der Waals surface area (Å²) in [7, 11) is 0. The monoisotopic (exact) mass is 279 g/mol. The molecule has 0 aliphatic heterocycles. The molecule has 1 aromatic rings. The van der Waals surface area contributed by atoms with Crippen LogP contribution in [0.1, 0.15) is 37.4 Å². The maximum atomic E-state index is 3.60. The summed E-state index contributed by atoms with van der Waals surface area (Å²) in [6.45, 7) is 5.26. The lowest BCUT2D eigenvalue weighted by atomic mass is 10.1. The first-order valence-corrected chi connectivity index (χ1v) is 6.61. The van der Waals surface area contributed by atoms with Crippen LogP contribution in [0.5, 0.6) is 0 Å². The maximum Gasteiger partial charge on any atom is 0.0328 e. The lowest BCUT2D eigenvalue weighted by Crippen LogP contribution is -2.19. The molecule has 1 N–H and O–H groups in total. The molecule has 0 amide bonds. The molecule has 0 radical (unpaired) electrons. The van der Waals surface area contributed by atoms with E-state index < -0.39 is 0 Å². The van der Waals surface area contributed by atoms with Crippen LogP contribution in [0.4, 0.5) is 0 Å². The van der Waals surface area contributed by atoms with Gasteiger partial charge in [0.25, 0.3) is 0 Å². The van der Waals surface area contributed by atoms with E-state index >= 15 is 0 Å². The van der Waals surface area contributed by atoms with Crippen molar-refractivity contribution in [2.24, 2.45) is 0 Å². The molecule has 16 heavy (non-hydrogen) atoms. The number of rotatable bonds is 3. The second-order valence-corrected chi connectivity index (χ2v) is 5.54. The molecule has 1 aromatic carbocycles. The molecule has 1 aliphatic rings. The van der Waals surface area contributed by atoms with Crippen molar-refractivity contribution in [1.29, 1.82) is 0 Å². The van der Waals surface area contributed by atoms with Crippen LogP contribution < -0.4 is 5.32 Å². The van der Waals surface area contributed by atoms with E-state index in [1.54, 1.807) is 0 Å². The predicted octanol–water partition coefficient (Wildman–Crippen LogP) is 3.99. The first kappa shape index (κ1) is 11.9. The quantitative estimate of drug-likeness (QED) is 0.825. The zero-order chi connectivity index (χ0) is 11.5. The van der Waals surface area contributed by atoms with E-state index in [0.29, 0.717) is 6.04 Å². The predicted molar refractivity (Wildman–Crippen MR) is 72.6 cm³/mol. The summed E-state index contributed by atoms with van der Waals surface area (Å²) in [4.78, 5) is 0. The fraction of sp³-hybridized carbons (Fsp3) is 0.429. The molecular formula is C14H18BrN. The van der Waals surface area contributed by atoms with Gasteiger partial charge in [0.15, 0.2) is 0 Å². The molecule has 2 heteroatoms. The highest BCUT2D eigenvalue weighted by Gasteiger charge is 2.21. The molecule has 0 bridgehead atoms. The Balaban J connectivity index is 2.03. The third kappa shape index (κ3) is 2.74. The minimum Gasteiger partial charge on any atom is -0.306 e. The van der Waals surface area contributed by atoms with Crippen molar-refractivity contribution >= 4 is 15.9 Å². The maximum absolute atomic E-state index is 3.60. The van der Waals surface area contributed by atoms with E-state index in [1.165, 1.54) is 34.0 Å². The van der Waals surface area contributed by atoms with Gasteiger partial charge in [-0.1, -0.05) is 33.6 Å². The highest BCUT2D eigenvalue weighted by Crippen LogP contribution is 2.32. The number of allylic oxidation sites excluding steroid dienone is 1. The van der Waals surface area contributed by atoms with Crippen molar-refractivity contribution in [1.82, 2.24) is 5.32 Å². The zero-order valence-corrected chi connectivity index (χ0v) is 11.5. The number of hydrogen-bond donors (Lipinski definition) is 1. The van der Waals surface area contributed by atoms with E-state index in [1.807, 2.05) is 0 Å². The average Bonchev–Trinajstić information content (AvgIpc) is 2.60. The van der Waals surface area contributed by atoms with Crippen LogP contribution >= 0.6 is 15.9 Å². The fourth-order valence-corrected chi connectivity index (χ4v) is 2.61. The fourth-order valence-electron chi connectivity index (χ4n) is 2.20. The van der Waals surface area contributed by atoms with Gasteiger partial charge in [-0.05, 0) is 49.9 Å². The largest absolute Gasteiger partial charge is 0.306 e. The van der Waals surface area contributed by atoms with Crippen LogP contribution in [-0.4, -0.2) is 6.54 Å². The lowest BCUT2D eigenvalue weighted by molar-refractivity contribution is 0.563. The van der Waals surface area contributed by atoms with Crippen LogP contribution in [0.25, 0.3) is 0 Å². The topological polar surface area (TPSA) is 12.0 Å². The molecule has 0 fully saturated rings. The summed E-state index contributed by atoms with van der Waals surface area (Å²) < 4.78 is 1.19. The van der Waals surface area contributed by atoms with E-state index in [9.17, 15) is 0 Å². The Labute approximate surface area is 106 Å². The Hall–Kier alpha value is -0.600. The van der Waals surface area contributed by atoms with E-state index in [2.05, 4.69) is 59.4 Å². The molecule has 0 saturated heterocycles. The van der Waals surface area contributed by atoms with E-state index in [-0.39, 0.29) is 0 Å². The normalized spacial score (nSPS) is 18.3. The Bertz CT molecular complexity index is 405. The summed E-state index contributed by atoms with van der Waals surface area (Å²) in [6.07, 6.45) is 4.67. The van der Waals surface area contributed by atoms with Gasteiger partial charge in [0.2, 0.25) is 0 Å². The first-order valence-electron chi connectivity index (χ1n) is 5.82. The van der Waals surface area contributed by atoms with Crippen molar-refractivity contribution in [3.05, 3.63) is 45.4 Å². The molecule has 1 unspecified atom stereocenters. The minimum atomic E-state index is 0.540. The van der Waals surface area contributed by atoms with Crippen molar-refractivity contribution in [2.75, 3.05) is 6.54 Å². The van der Waals surface area contributed by atoms with Crippen molar-refractivity contribution in [3.8, 4) is 0 Å². The Kier molecular flexibility index (Phi) is 3.82. The number of fused-ring (bicyclic) bond motifs is 1. The van der Waals surface area contributed by atoms with Gasteiger partial charge in [0, 0.05) is 17.1 Å². The molecule has 2 rings (SSSR count). The second-order valence-electron chi connectivity index (χ2n) is 4.62. The third-order valence-electron chi connectivity index (χ3n) is 3.06. The average molecular weight is 280 g/mol. The van der Waals surface area contributed by atoms with Gasteiger partial charge in [0.1, 0.15) is 0 Å². The van der Waals surface area contributed by atoms with Crippen LogP contribution in [0.3, 0.4) is 0 Å². The van der Waals surface area contributed by atoms with Crippen LogP contribution in [0.15, 0.2) is 34.3 Å². The van der Waals surface area contributed by atoms with Gasteiger partial charge in [-0.2, -0.15) is 0 Å². The molecule has 1 aliphatic carbocycles. The minimum absolute atomic E-state index is 0.540. The number of aryl methyl sites for hydroxylation is 1. The standard InChI is InChI=1S/C14H18BrN/c1-10(2)7-8-16-14-6-3-11-9-12(15)4-5-13(11)14/h4-5,7,9,14,16H,3,6,8H2,1-2H3. The smallest absolute Gasteiger partial charge is 0.0328 e. The molecule has 0 heterocycles.